The van der Waals surface area contributed by atoms with Gasteiger partial charge in [-0.1, -0.05) is 92.2 Å². The summed E-state index contributed by atoms with van der Waals surface area (Å²) in [7, 11) is -3.55. The van der Waals surface area contributed by atoms with Crippen molar-refractivity contribution in [3.8, 4) is 0 Å². The van der Waals surface area contributed by atoms with E-state index in [9.17, 15) is 18.0 Å². The molecule has 0 fully saturated rings. The zero-order valence-corrected chi connectivity index (χ0v) is 25.7. The number of rotatable bonds is 14. The van der Waals surface area contributed by atoms with Crippen LogP contribution in [-0.2, 0) is 32.6 Å². The van der Waals surface area contributed by atoms with Crippen LogP contribution < -0.4 is 9.62 Å². The van der Waals surface area contributed by atoms with Gasteiger partial charge in [-0.05, 0) is 48.9 Å². The Bertz CT molecular complexity index is 1390. The monoisotopic (exact) mass is 577 g/mol. The van der Waals surface area contributed by atoms with Gasteiger partial charge in [-0.15, -0.1) is 0 Å². The topological polar surface area (TPSA) is 86.8 Å². The first kappa shape index (κ1) is 31.9. The van der Waals surface area contributed by atoms with Crippen molar-refractivity contribution < 1.29 is 18.0 Å². The first-order chi connectivity index (χ1) is 19.5. The summed E-state index contributed by atoms with van der Waals surface area (Å²) in [5.41, 5.74) is 4.45. The molecule has 0 bridgehead atoms. The van der Waals surface area contributed by atoms with Crippen LogP contribution in [0.25, 0.3) is 0 Å². The molecule has 0 aromatic heterocycles. The molecule has 1 atom stereocenters. The summed E-state index contributed by atoms with van der Waals surface area (Å²) >= 11 is 0. The van der Waals surface area contributed by atoms with Crippen molar-refractivity contribution in [3.05, 3.63) is 101 Å². The summed E-state index contributed by atoms with van der Waals surface area (Å²) in [4.78, 5) is 29.1. The molecular weight excluding hydrogens is 534 g/mol. The fourth-order valence-electron chi connectivity index (χ4n) is 4.69. The molecule has 0 unspecified atom stereocenters. The Morgan fingerprint density at radius 3 is 2.10 bits per heavy atom. The zero-order chi connectivity index (χ0) is 30.0. The van der Waals surface area contributed by atoms with E-state index in [1.54, 1.807) is 17.0 Å². The Morgan fingerprint density at radius 1 is 0.854 bits per heavy atom. The lowest BCUT2D eigenvalue weighted by Gasteiger charge is -2.32. The van der Waals surface area contributed by atoms with Gasteiger partial charge in [0.1, 0.15) is 6.04 Å². The van der Waals surface area contributed by atoms with E-state index in [0.29, 0.717) is 25.1 Å². The third-order valence-electron chi connectivity index (χ3n) is 6.97. The van der Waals surface area contributed by atoms with Crippen molar-refractivity contribution in [2.24, 2.45) is 5.92 Å². The smallest absolute Gasteiger partial charge is 0.243 e. The van der Waals surface area contributed by atoms with Crippen molar-refractivity contribution in [2.45, 2.75) is 59.5 Å². The van der Waals surface area contributed by atoms with E-state index in [2.05, 4.69) is 5.32 Å². The Hall–Kier alpha value is -3.65. The summed E-state index contributed by atoms with van der Waals surface area (Å²) in [5.74, 6) is -0.119. The molecule has 0 aliphatic rings. The van der Waals surface area contributed by atoms with Crippen molar-refractivity contribution in [1.82, 2.24) is 10.2 Å². The lowest BCUT2D eigenvalue weighted by atomic mass is 10.0. The van der Waals surface area contributed by atoms with Gasteiger partial charge in [-0.2, -0.15) is 0 Å². The molecule has 2 amide bonds. The first-order valence-corrected chi connectivity index (χ1v) is 16.0. The number of carbonyl (C=O) groups excluding carboxylic acids is 2. The van der Waals surface area contributed by atoms with Crippen LogP contribution in [0.15, 0.2) is 78.9 Å². The van der Waals surface area contributed by atoms with Gasteiger partial charge < -0.3 is 10.2 Å². The molecular formula is C33H43N3O4S. The van der Waals surface area contributed by atoms with E-state index in [1.165, 1.54) is 10.6 Å². The Kier molecular flexibility index (Phi) is 11.5. The van der Waals surface area contributed by atoms with Gasteiger partial charge in [0.2, 0.25) is 21.8 Å². The van der Waals surface area contributed by atoms with E-state index >= 15 is 0 Å². The number of hydrogen-bond acceptors (Lipinski definition) is 4. The normalized spacial score (nSPS) is 12.1. The third kappa shape index (κ3) is 9.74. The van der Waals surface area contributed by atoms with Gasteiger partial charge in [0.15, 0.2) is 0 Å². The molecule has 0 saturated heterocycles. The molecule has 0 aliphatic heterocycles. The van der Waals surface area contributed by atoms with Crippen molar-refractivity contribution >= 4 is 27.5 Å². The number of benzene rings is 3. The van der Waals surface area contributed by atoms with Gasteiger partial charge >= 0.3 is 0 Å². The van der Waals surface area contributed by atoms with Crippen LogP contribution in [0.5, 0.6) is 0 Å². The maximum atomic E-state index is 13.9. The van der Waals surface area contributed by atoms with Gasteiger partial charge in [0.25, 0.3) is 0 Å². The molecule has 0 saturated carbocycles. The van der Waals surface area contributed by atoms with E-state index in [-0.39, 0.29) is 37.2 Å². The minimum Gasteiger partial charge on any atom is -0.354 e. The number of nitrogens with zero attached hydrogens (tertiary/aromatic N) is 2. The fourth-order valence-corrected chi connectivity index (χ4v) is 5.72. The second kappa shape index (κ2) is 14.8. The molecule has 3 aromatic rings. The fraction of sp³-hybridized carbons (Fsp3) is 0.394. The molecule has 0 heterocycles. The molecule has 0 spiro atoms. The molecule has 1 N–H and O–H groups in total. The molecule has 3 rings (SSSR count). The van der Waals surface area contributed by atoms with Crippen LogP contribution >= 0.6 is 0 Å². The lowest BCUT2D eigenvalue weighted by Crippen LogP contribution is -2.51. The molecule has 220 valence electrons. The van der Waals surface area contributed by atoms with Crippen LogP contribution in [0.2, 0.25) is 0 Å². The summed E-state index contributed by atoms with van der Waals surface area (Å²) in [6, 6.07) is 24.2. The number of carbonyl (C=O) groups is 2. The van der Waals surface area contributed by atoms with Crippen LogP contribution in [0.1, 0.15) is 48.9 Å². The number of nitrogens with one attached hydrogen (secondary N) is 1. The highest BCUT2D eigenvalue weighted by Gasteiger charge is 2.30. The molecule has 3 aromatic carbocycles. The standard InChI is InChI=1S/C33H43N3O4S/c1-25(2)23-34-33(38)31(22-28-13-7-6-8-14-28)35(24-29-19-17-26(3)18-20-29)32(37)16-11-21-36(41(5,39)40)30-15-10-9-12-27(30)4/h6-10,12-15,17-20,25,31H,11,16,21-24H2,1-5H3,(H,34,38)/t31-/m1/s1. The minimum atomic E-state index is -3.55. The Balaban J connectivity index is 1.88. The summed E-state index contributed by atoms with van der Waals surface area (Å²) in [6.07, 6.45) is 1.98. The quantitative estimate of drug-likeness (QED) is 0.283. The summed E-state index contributed by atoms with van der Waals surface area (Å²) in [6.45, 7) is 8.89. The van der Waals surface area contributed by atoms with E-state index in [0.717, 1.165) is 22.3 Å². The number of aryl methyl sites for hydroxylation is 2. The number of para-hydroxylation sites is 1. The summed E-state index contributed by atoms with van der Waals surface area (Å²) < 4.78 is 26.7. The van der Waals surface area contributed by atoms with Crippen LogP contribution in [0.3, 0.4) is 0 Å². The van der Waals surface area contributed by atoms with E-state index in [4.69, 9.17) is 0 Å². The number of sulfonamides is 1. The largest absolute Gasteiger partial charge is 0.354 e. The Labute approximate surface area is 245 Å². The molecule has 7 nitrogen and oxygen atoms in total. The molecule has 0 aliphatic carbocycles. The van der Waals surface area contributed by atoms with Crippen molar-refractivity contribution in [1.29, 1.82) is 0 Å². The maximum absolute atomic E-state index is 13.9. The molecule has 8 heteroatoms. The van der Waals surface area contributed by atoms with Crippen molar-refractivity contribution in [3.63, 3.8) is 0 Å². The zero-order valence-electron chi connectivity index (χ0n) is 24.8. The highest BCUT2D eigenvalue weighted by Crippen LogP contribution is 2.23. The average Bonchev–Trinajstić information content (AvgIpc) is 2.93. The first-order valence-electron chi connectivity index (χ1n) is 14.2. The van der Waals surface area contributed by atoms with Crippen LogP contribution in [0, 0.1) is 19.8 Å². The van der Waals surface area contributed by atoms with Gasteiger partial charge in [-0.3, -0.25) is 13.9 Å². The van der Waals surface area contributed by atoms with E-state index < -0.39 is 16.1 Å². The maximum Gasteiger partial charge on any atom is 0.243 e. The van der Waals surface area contributed by atoms with Gasteiger partial charge in [0, 0.05) is 32.5 Å². The average molecular weight is 578 g/mol. The van der Waals surface area contributed by atoms with Crippen LogP contribution in [-0.4, -0.2) is 50.5 Å². The van der Waals surface area contributed by atoms with E-state index in [1.807, 2.05) is 94.4 Å². The number of amides is 2. The highest BCUT2D eigenvalue weighted by atomic mass is 32.2. The SMILES string of the molecule is Cc1ccc(CN(C(=O)CCCN(c2ccccc2C)S(C)(=O)=O)[C@H](Cc2ccccc2)C(=O)NCC(C)C)cc1. The number of hydrogen-bond donors (Lipinski definition) is 1. The van der Waals surface area contributed by atoms with Gasteiger partial charge in [0.05, 0.1) is 11.9 Å². The number of anilines is 1. The Morgan fingerprint density at radius 2 is 1.49 bits per heavy atom. The predicted molar refractivity (Wildman–Crippen MR) is 166 cm³/mol. The predicted octanol–water partition coefficient (Wildman–Crippen LogP) is 5.26. The second-order valence-electron chi connectivity index (χ2n) is 11.1. The second-order valence-corrected chi connectivity index (χ2v) is 13.0. The summed E-state index contributed by atoms with van der Waals surface area (Å²) in [5, 5.41) is 3.03. The van der Waals surface area contributed by atoms with Gasteiger partial charge in [-0.25, -0.2) is 8.42 Å². The minimum absolute atomic E-state index is 0.104. The van der Waals surface area contributed by atoms with Crippen LogP contribution in [0.4, 0.5) is 5.69 Å². The third-order valence-corrected chi connectivity index (χ3v) is 8.15. The molecule has 41 heavy (non-hydrogen) atoms. The molecule has 0 radical (unpaired) electrons. The van der Waals surface area contributed by atoms with Crippen molar-refractivity contribution in [2.75, 3.05) is 23.7 Å². The highest BCUT2D eigenvalue weighted by molar-refractivity contribution is 7.92. The lowest BCUT2D eigenvalue weighted by molar-refractivity contribution is -0.141.